The smallest absolute Gasteiger partial charge is 0.227 e. The van der Waals surface area contributed by atoms with Crippen LogP contribution in [0.1, 0.15) is 19.5 Å². The molecule has 6 nitrogen and oxygen atoms in total. The zero-order valence-corrected chi connectivity index (χ0v) is 20.7. The van der Waals surface area contributed by atoms with E-state index in [1.807, 2.05) is 13.8 Å². The molecule has 1 aliphatic rings. The number of hydrogen-bond acceptors (Lipinski definition) is 5. The molecule has 1 unspecified atom stereocenters. The molecular formula is C21H18BrCl3N2O4. The van der Waals surface area contributed by atoms with Crippen molar-refractivity contribution >= 4 is 61.6 Å². The second kappa shape index (κ2) is 8.54. The Kier molecular flexibility index (Phi) is 6.29. The second-order valence-corrected chi connectivity index (χ2v) is 9.74. The molecule has 0 radical (unpaired) electrons. The third-order valence-corrected chi connectivity index (χ3v) is 6.12. The highest BCUT2D eigenvalue weighted by molar-refractivity contribution is 9.10. The van der Waals surface area contributed by atoms with Crippen molar-refractivity contribution in [1.29, 1.82) is 0 Å². The van der Waals surface area contributed by atoms with Crippen LogP contribution in [-0.2, 0) is 9.47 Å². The number of hydrogen-bond donors (Lipinski definition) is 0. The molecule has 10 heteroatoms. The minimum Gasteiger partial charge on any atom is -0.474 e. The number of nitrogens with zero attached hydrogens (tertiary/aromatic N) is 2. The fourth-order valence-corrected chi connectivity index (χ4v) is 5.17. The molecule has 0 aliphatic carbocycles. The molecule has 3 aromatic rings. The Balaban J connectivity index is 1.87. The Bertz CT molecular complexity index is 1220. The molecule has 1 fully saturated rings. The van der Waals surface area contributed by atoms with Crippen molar-refractivity contribution in [1.82, 2.24) is 9.55 Å². The third kappa shape index (κ3) is 4.45. The zero-order valence-electron chi connectivity index (χ0n) is 16.8. The Hall–Kier alpha value is -1.35. The lowest BCUT2D eigenvalue weighted by Gasteiger charge is -2.20. The number of halogens is 4. The SMILES string of the molecule is Cc1cc(=O)c2c(OCC3COC(C)(C)O3)ncc(Cl)c2n1-c1c(Cl)cc(Br)cc1Cl. The van der Waals surface area contributed by atoms with E-state index in [0.29, 0.717) is 33.6 Å². The number of pyridine rings is 2. The van der Waals surface area contributed by atoms with E-state index in [1.165, 1.54) is 12.3 Å². The van der Waals surface area contributed by atoms with E-state index >= 15 is 0 Å². The Morgan fingerprint density at radius 3 is 2.52 bits per heavy atom. The lowest BCUT2D eigenvalue weighted by atomic mass is 10.2. The monoisotopic (exact) mass is 546 g/mol. The second-order valence-electron chi connectivity index (χ2n) is 7.60. The fourth-order valence-electron chi connectivity index (χ4n) is 3.57. The van der Waals surface area contributed by atoms with Crippen LogP contribution in [0.2, 0.25) is 15.1 Å². The molecule has 1 aliphatic heterocycles. The molecule has 31 heavy (non-hydrogen) atoms. The fraction of sp³-hybridized carbons (Fsp3) is 0.333. The van der Waals surface area contributed by atoms with Crippen molar-refractivity contribution in [3.05, 3.63) is 59.9 Å². The number of aromatic nitrogens is 2. The first kappa shape index (κ1) is 22.8. The minimum absolute atomic E-state index is 0.149. The van der Waals surface area contributed by atoms with E-state index in [0.717, 1.165) is 4.47 Å². The molecular weight excluding hydrogens is 531 g/mol. The molecule has 164 valence electrons. The van der Waals surface area contributed by atoms with Crippen molar-refractivity contribution < 1.29 is 14.2 Å². The molecule has 3 heterocycles. The number of aryl methyl sites for hydroxylation is 1. The maximum atomic E-state index is 13.0. The summed E-state index contributed by atoms with van der Waals surface area (Å²) < 4.78 is 19.7. The van der Waals surface area contributed by atoms with Crippen LogP contribution in [0.3, 0.4) is 0 Å². The highest BCUT2D eigenvalue weighted by Gasteiger charge is 2.33. The van der Waals surface area contributed by atoms with Gasteiger partial charge >= 0.3 is 0 Å². The Morgan fingerprint density at radius 2 is 1.90 bits per heavy atom. The van der Waals surface area contributed by atoms with E-state index in [-0.39, 0.29) is 34.4 Å². The van der Waals surface area contributed by atoms with Crippen LogP contribution in [0.4, 0.5) is 0 Å². The van der Waals surface area contributed by atoms with Gasteiger partial charge < -0.3 is 18.8 Å². The third-order valence-electron chi connectivity index (χ3n) is 4.81. The average Bonchev–Trinajstić information content (AvgIpc) is 3.01. The largest absolute Gasteiger partial charge is 0.474 e. The molecule has 0 N–H and O–H groups in total. The Morgan fingerprint density at radius 1 is 1.23 bits per heavy atom. The van der Waals surface area contributed by atoms with Gasteiger partial charge in [-0.3, -0.25) is 4.79 Å². The van der Waals surface area contributed by atoms with Crippen LogP contribution in [0, 0.1) is 6.92 Å². The van der Waals surface area contributed by atoms with Gasteiger partial charge in [-0.05, 0) is 32.9 Å². The lowest BCUT2D eigenvalue weighted by Crippen LogP contribution is -2.25. The quantitative estimate of drug-likeness (QED) is 0.404. The van der Waals surface area contributed by atoms with Gasteiger partial charge in [0.25, 0.3) is 0 Å². The summed E-state index contributed by atoms with van der Waals surface area (Å²) in [7, 11) is 0. The van der Waals surface area contributed by atoms with Crippen LogP contribution < -0.4 is 10.2 Å². The van der Waals surface area contributed by atoms with Gasteiger partial charge in [0.15, 0.2) is 11.2 Å². The van der Waals surface area contributed by atoms with Crippen molar-refractivity contribution in [3.63, 3.8) is 0 Å². The van der Waals surface area contributed by atoms with Crippen LogP contribution >= 0.6 is 50.7 Å². The summed E-state index contributed by atoms with van der Waals surface area (Å²) in [6.45, 7) is 5.98. The van der Waals surface area contributed by atoms with Crippen molar-refractivity contribution in [2.45, 2.75) is 32.7 Å². The van der Waals surface area contributed by atoms with Gasteiger partial charge in [-0.25, -0.2) is 4.98 Å². The lowest BCUT2D eigenvalue weighted by molar-refractivity contribution is -0.141. The van der Waals surface area contributed by atoms with Gasteiger partial charge in [-0.15, -0.1) is 0 Å². The number of benzene rings is 1. The van der Waals surface area contributed by atoms with E-state index in [4.69, 9.17) is 49.0 Å². The topological polar surface area (TPSA) is 62.6 Å². The molecule has 1 aromatic carbocycles. The summed E-state index contributed by atoms with van der Waals surface area (Å²) in [4.78, 5) is 17.2. The predicted octanol–water partition coefficient (Wildman–Crippen LogP) is 5.95. The average molecular weight is 549 g/mol. The summed E-state index contributed by atoms with van der Waals surface area (Å²) in [6, 6.07) is 4.91. The summed E-state index contributed by atoms with van der Waals surface area (Å²) >= 11 is 22.9. The van der Waals surface area contributed by atoms with Gasteiger partial charge in [0.1, 0.15) is 18.1 Å². The Labute approximate surface area is 202 Å². The summed E-state index contributed by atoms with van der Waals surface area (Å²) in [5.74, 6) is -0.529. The van der Waals surface area contributed by atoms with Gasteiger partial charge in [0, 0.05) is 16.2 Å². The van der Waals surface area contributed by atoms with Crippen LogP contribution in [0.15, 0.2) is 33.7 Å². The van der Waals surface area contributed by atoms with Gasteiger partial charge in [-0.2, -0.15) is 0 Å². The predicted molar refractivity (Wildman–Crippen MR) is 125 cm³/mol. The maximum Gasteiger partial charge on any atom is 0.227 e. The normalized spacial score (nSPS) is 18.0. The summed E-state index contributed by atoms with van der Waals surface area (Å²) in [5.41, 5.74) is 1.24. The van der Waals surface area contributed by atoms with E-state index in [2.05, 4.69) is 20.9 Å². The molecule has 1 atom stereocenters. The molecule has 0 spiro atoms. The highest BCUT2D eigenvalue weighted by atomic mass is 79.9. The highest BCUT2D eigenvalue weighted by Crippen LogP contribution is 2.37. The molecule has 4 rings (SSSR count). The molecule has 2 aromatic heterocycles. The number of fused-ring (bicyclic) bond motifs is 1. The van der Waals surface area contributed by atoms with Gasteiger partial charge in [0.2, 0.25) is 5.88 Å². The van der Waals surface area contributed by atoms with Crippen LogP contribution in [0.5, 0.6) is 5.88 Å². The van der Waals surface area contributed by atoms with Crippen molar-refractivity contribution in [3.8, 4) is 11.6 Å². The van der Waals surface area contributed by atoms with E-state index in [1.54, 1.807) is 23.6 Å². The first-order valence-electron chi connectivity index (χ1n) is 9.38. The standard InChI is InChI=1S/C21H18BrCl3N2O4/c1-10-4-16(28)17-19(27(10)18-13(23)5-11(22)6-14(18)24)15(25)7-26-20(17)29-8-12-9-30-21(2,3)31-12/h4-7,12H,8-9H2,1-3H3. The number of rotatable bonds is 4. The first-order valence-corrected chi connectivity index (χ1v) is 11.3. The molecule has 0 bridgehead atoms. The summed E-state index contributed by atoms with van der Waals surface area (Å²) in [5, 5.41) is 1.27. The van der Waals surface area contributed by atoms with Crippen LogP contribution in [-0.4, -0.2) is 34.7 Å². The van der Waals surface area contributed by atoms with Crippen molar-refractivity contribution in [2.24, 2.45) is 0 Å². The van der Waals surface area contributed by atoms with E-state index in [9.17, 15) is 4.79 Å². The molecule has 0 amide bonds. The summed E-state index contributed by atoms with van der Waals surface area (Å²) in [6.07, 6.45) is 1.15. The first-order chi connectivity index (χ1) is 14.6. The maximum absolute atomic E-state index is 13.0. The zero-order chi connectivity index (χ0) is 22.5. The van der Waals surface area contributed by atoms with Gasteiger partial charge in [0.05, 0.1) is 39.1 Å². The van der Waals surface area contributed by atoms with Crippen molar-refractivity contribution in [2.75, 3.05) is 13.2 Å². The molecule has 1 saturated heterocycles. The number of ether oxygens (including phenoxy) is 3. The van der Waals surface area contributed by atoms with Crippen LogP contribution in [0.25, 0.3) is 16.6 Å². The van der Waals surface area contributed by atoms with E-state index < -0.39 is 5.79 Å². The minimum atomic E-state index is -0.678. The molecule has 0 saturated carbocycles. The van der Waals surface area contributed by atoms with Gasteiger partial charge in [-0.1, -0.05) is 50.7 Å².